The number of hydrogen-bond acceptors (Lipinski definition) is 5. The third kappa shape index (κ3) is 4.69. The van der Waals surface area contributed by atoms with Crippen molar-refractivity contribution in [1.82, 2.24) is 10.6 Å². The first-order valence-corrected chi connectivity index (χ1v) is 8.95. The van der Waals surface area contributed by atoms with Crippen LogP contribution in [0.25, 0.3) is 0 Å². The molecule has 0 radical (unpaired) electrons. The van der Waals surface area contributed by atoms with Gasteiger partial charge in [0.15, 0.2) is 5.60 Å². The topological polar surface area (TPSA) is 93.7 Å². The summed E-state index contributed by atoms with van der Waals surface area (Å²) < 4.78 is 10.8. The lowest BCUT2D eigenvalue weighted by molar-refractivity contribution is -0.143. The smallest absolute Gasteiger partial charge is 0.506 e. The highest BCUT2D eigenvalue weighted by Crippen LogP contribution is 2.29. The van der Waals surface area contributed by atoms with Gasteiger partial charge >= 0.3 is 13.1 Å². The number of nitrogens with one attached hydrogen (secondary N) is 2. The Hall–Kier alpha value is -1.77. The Bertz CT molecular complexity index is 712. The second kappa shape index (κ2) is 8.75. The lowest BCUT2D eigenvalue weighted by Crippen LogP contribution is -2.43. The molecule has 1 heterocycles. The van der Waals surface area contributed by atoms with Gasteiger partial charge in [-0.1, -0.05) is 37.0 Å². The van der Waals surface area contributed by atoms with E-state index < -0.39 is 30.5 Å². The number of carbonyl (C=O) groups excluding carboxylic acids is 3. The molecule has 0 saturated carbocycles. The number of rotatable bonds is 7. The fourth-order valence-corrected chi connectivity index (χ4v) is 2.90. The Morgan fingerprint density at radius 2 is 1.88 bits per heavy atom. The van der Waals surface area contributed by atoms with Gasteiger partial charge in [-0.05, 0) is 31.0 Å². The van der Waals surface area contributed by atoms with Gasteiger partial charge < -0.3 is 19.9 Å². The molecule has 7 nitrogen and oxygen atoms in total. The highest BCUT2D eigenvalue weighted by molar-refractivity contribution is 6.50. The number of carbonyl (C=O) groups is 3. The van der Waals surface area contributed by atoms with Gasteiger partial charge in [0.25, 0.3) is 5.91 Å². The summed E-state index contributed by atoms with van der Waals surface area (Å²) in [6.45, 7) is 3.40. The van der Waals surface area contributed by atoms with Crippen molar-refractivity contribution in [2.24, 2.45) is 0 Å². The van der Waals surface area contributed by atoms with E-state index in [1.54, 1.807) is 6.07 Å². The van der Waals surface area contributed by atoms with E-state index in [1.807, 2.05) is 13.8 Å². The molecular weight excluding hydrogens is 382 g/mol. The molecule has 10 heteroatoms. The zero-order valence-electron chi connectivity index (χ0n) is 14.4. The van der Waals surface area contributed by atoms with E-state index in [2.05, 4.69) is 10.6 Å². The largest absolute Gasteiger partial charge is 0.548 e. The number of amides is 2. The zero-order valence-corrected chi connectivity index (χ0v) is 15.9. The first-order chi connectivity index (χ1) is 12.3. The molecule has 0 unspecified atom stereocenters. The Morgan fingerprint density at radius 3 is 2.50 bits per heavy atom. The van der Waals surface area contributed by atoms with Gasteiger partial charge in [-0.2, -0.15) is 0 Å². The summed E-state index contributed by atoms with van der Waals surface area (Å²) in [6.07, 6.45) is 0.979. The predicted octanol–water partition coefficient (Wildman–Crippen LogP) is 2.00. The average Bonchev–Trinajstić information content (AvgIpc) is 2.96. The van der Waals surface area contributed by atoms with E-state index >= 15 is 0 Å². The van der Waals surface area contributed by atoms with Crippen LogP contribution in [0.2, 0.25) is 10.0 Å². The number of halogens is 2. The summed E-state index contributed by atoms with van der Waals surface area (Å²) in [6, 6.07) is 4.47. The molecule has 1 aromatic carbocycles. The SMILES string of the molecule is CCC1(CC)OB(CNC(=O)CNC(=O)c2cc(Cl)ccc2Cl)OC1=O. The van der Waals surface area contributed by atoms with Crippen LogP contribution in [0, 0.1) is 0 Å². The van der Waals surface area contributed by atoms with Crippen molar-refractivity contribution in [1.29, 1.82) is 0 Å². The molecule has 2 N–H and O–H groups in total. The first-order valence-electron chi connectivity index (χ1n) is 8.20. The quantitative estimate of drug-likeness (QED) is 0.682. The van der Waals surface area contributed by atoms with Gasteiger partial charge in [0, 0.05) is 5.02 Å². The molecule has 0 spiro atoms. The van der Waals surface area contributed by atoms with E-state index in [-0.39, 0.29) is 23.6 Å². The summed E-state index contributed by atoms with van der Waals surface area (Å²) in [7, 11) is -0.843. The maximum atomic E-state index is 12.1. The van der Waals surface area contributed by atoms with Gasteiger partial charge in [0.05, 0.1) is 23.6 Å². The van der Waals surface area contributed by atoms with Crippen LogP contribution >= 0.6 is 23.2 Å². The maximum Gasteiger partial charge on any atom is 0.548 e. The second-order valence-electron chi connectivity index (χ2n) is 5.77. The third-order valence-electron chi connectivity index (χ3n) is 4.16. The maximum absolute atomic E-state index is 12.1. The van der Waals surface area contributed by atoms with Crippen LogP contribution in [0.4, 0.5) is 0 Å². The van der Waals surface area contributed by atoms with Crippen molar-refractivity contribution in [3.05, 3.63) is 33.8 Å². The van der Waals surface area contributed by atoms with E-state index in [1.165, 1.54) is 12.1 Å². The summed E-state index contributed by atoms with van der Waals surface area (Å²) in [5, 5.41) is 5.59. The number of hydrogen-bond donors (Lipinski definition) is 2. The molecule has 0 aromatic heterocycles. The Morgan fingerprint density at radius 1 is 1.19 bits per heavy atom. The normalized spacial score (nSPS) is 15.5. The second-order valence-corrected chi connectivity index (χ2v) is 6.61. The van der Waals surface area contributed by atoms with E-state index in [9.17, 15) is 14.4 Å². The van der Waals surface area contributed by atoms with Gasteiger partial charge in [-0.3, -0.25) is 14.4 Å². The molecule has 2 amide bonds. The lowest BCUT2D eigenvalue weighted by Gasteiger charge is -2.21. The molecule has 1 fully saturated rings. The molecule has 140 valence electrons. The van der Waals surface area contributed by atoms with Gasteiger partial charge in [0.2, 0.25) is 5.91 Å². The highest BCUT2D eigenvalue weighted by atomic mass is 35.5. The molecule has 26 heavy (non-hydrogen) atoms. The lowest BCUT2D eigenvalue weighted by atomic mass is 9.89. The molecule has 1 aromatic rings. The Balaban J connectivity index is 1.80. The van der Waals surface area contributed by atoms with Crippen LogP contribution in [0.3, 0.4) is 0 Å². The fraction of sp³-hybridized carbons (Fsp3) is 0.438. The van der Waals surface area contributed by atoms with Gasteiger partial charge in [0.1, 0.15) is 0 Å². The zero-order chi connectivity index (χ0) is 19.3. The average molecular weight is 401 g/mol. The molecule has 0 bridgehead atoms. The van der Waals surface area contributed by atoms with Crippen LogP contribution in [-0.2, 0) is 18.9 Å². The van der Waals surface area contributed by atoms with Crippen LogP contribution in [0.15, 0.2) is 18.2 Å². The van der Waals surface area contributed by atoms with Crippen molar-refractivity contribution in [3.63, 3.8) is 0 Å². The number of benzene rings is 1. The highest BCUT2D eigenvalue weighted by Gasteiger charge is 2.50. The van der Waals surface area contributed by atoms with Crippen LogP contribution in [-0.4, -0.2) is 43.5 Å². The van der Waals surface area contributed by atoms with E-state index in [4.69, 9.17) is 32.5 Å². The standard InChI is InChI=1S/C16H19BCl2N2O5/c1-3-16(4-2)15(24)25-17(26-16)9-21-13(22)8-20-14(23)11-7-10(18)5-6-12(11)19/h5-7H,3-4,8-9H2,1-2H3,(H,20,23)(H,21,22). The van der Waals surface area contributed by atoms with Crippen molar-refractivity contribution in [3.8, 4) is 0 Å². The third-order valence-corrected chi connectivity index (χ3v) is 4.72. The fourth-order valence-electron chi connectivity index (χ4n) is 2.53. The van der Waals surface area contributed by atoms with Crippen molar-refractivity contribution < 1.29 is 23.7 Å². The summed E-state index contributed by atoms with van der Waals surface area (Å²) in [5.41, 5.74) is -0.775. The summed E-state index contributed by atoms with van der Waals surface area (Å²) in [4.78, 5) is 35.9. The molecule has 0 atom stereocenters. The van der Waals surface area contributed by atoms with Gasteiger partial charge in [-0.15, -0.1) is 0 Å². The Labute approximate surface area is 161 Å². The van der Waals surface area contributed by atoms with Crippen LogP contribution in [0.1, 0.15) is 37.0 Å². The monoisotopic (exact) mass is 400 g/mol. The minimum absolute atomic E-state index is 0.000114. The van der Waals surface area contributed by atoms with E-state index in [0.717, 1.165) is 0 Å². The minimum atomic E-state index is -0.951. The van der Waals surface area contributed by atoms with Crippen molar-refractivity contribution in [2.75, 3.05) is 13.0 Å². The van der Waals surface area contributed by atoms with Crippen LogP contribution < -0.4 is 10.6 Å². The van der Waals surface area contributed by atoms with E-state index in [0.29, 0.717) is 17.9 Å². The molecule has 1 aliphatic rings. The first kappa shape index (κ1) is 20.5. The Kier molecular flexibility index (Phi) is 6.91. The van der Waals surface area contributed by atoms with Gasteiger partial charge in [-0.25, -0.2) is 0 Å². The van der Waals surface area contributed by atoms with Crippen molar-refractivity contribution >= 4 is 48.1 Å². The summed E-state index contributed by atoms with van der Waals surface area (Å²) >= 11 is 11.8. The molecule has 1 saturated heterocycles. The minimum Gasteiger partial charge on any atom is -0.506 e. The molecule has 2 rings (SSSR count). The molecule has 0 aliphatic carbocycles. The van der Waals surface area contributed by atoms with Crippen LogP contribution in [0.5, 0.6) is 0 Å². The molecule has 1 aliphatic heterocycles. The molecular formula is C16H19BCl2N2O5. The summed E-state index contributed by atoms with van der Waals surface area (Å²) in [5.74, 6) is -1.40. The predicted molar refractivity (Wildman–Crippen MR) is 98.0 cm³/mol. The van der Waals surface area contributed by atoms with Crippen molar-refractivity contribution in [2.45, 2.75) is 32.3 Å².